The molecule has 0 aliphatic carbocycles. The van der Waals surface area contributed by atoms with Crippen molar-refractivity contribution in [2.45, 2.75) is 0 Å². The number of phenols is 1. The Labute approximate surface area is 99.5 Å². The molecule has 1 nitrogen and oxygen atoms in total. The van der Waals surface area contributed by atoms with Crippen LogP contribution in [0.2, 0.25) is 0 Å². The van der Waals surface area contributed by atoms with Crippen LogP contribution in [-0.2, 0) is 0 Å². The third-order valence-corrected chi connectivity index (χ3v) is 2.85. The second-order valence-electron chi connectivity index (χ2n) is 3.26. The summed E-state index contributed by atoms with van der Waals surface area (Å²) in [6.45, 7) is 0. The lowest BCUT2D eigenvalue weighted by Gasteiger charge is -2.07. The molecule has 1 N–H and O–H groups in total. The van der Waals surface area contributed by atoms with Crippen molar-refractivity contribution < 1.29 is 13.9 Å². The molecule has 16 heavy (non-hydrogen) atoms. The van der Waals surface area contributed by atoms with Crippen molar-refractivity contribution in [1.82, 2.24) is 0 Å². The predicted octanol–water partition coefficient (Wildman–Crippen LogP) is 4.10. The summed E-state index contributed by atoms with van der Waals surface area (Å²) in [5.74, 6) is -1.41. The van der Waals surface area contributed by atoms with Crippen LogP contribution in [0.4, 0.5) is 8.78 Å². The second-order valence-corrected chi connectivity index (χ2v) is 4.11. The van der Waals surface area contributed by atoms with Crippen LogP contribution in [-0.4, -0.2) is 5.11 Å². The topological polar surface area (TPSA) is 20.2 Å². The van der Waals surface area contributed by atoms with E-state index in [0.29, 0.717) is 10.0 Å². The molecular formula is C12H7BrF2O. The summed E-state index contributed by atoms with van der Waals surface area (Å²) in [5.41, 5.74) is 0.493. The minimum Gasteiger partial charge on any atom is -0.506 e. The Bertz CT molecular complexity index is 541. The Morgan fingerprint density at radius 1 is 1.00 bits per heavy atom. The standard InChI is InChI=1S/C12H7BrF2O/c13-10-3-1-2-9(12(10)16)8-5-4-7(14)6-11(8)15/h1-6,16H. The van der Waals surface area contributed by atoms with Crippen LogP contribution in [0, 0.1) is 11.6 Å². The molecule has 0 saturated heterocycles. The van der Waals surface area contributed by atoms with E-state index in [2.05, 4.69) is 15.9 Å². The van der Waals surface area contributed by atoms with Crippen molar-refractivity contribution in [3.8, 4) is 16.9 Å². The van der Waals surface area contributed by atoms with E-state index in [1.807, 2.05) is 0 Å². The minimum atomic E-state index is -0.701. The molecule has 0 unspecified atom stereocenters. The average molecular weight is 285 g/mol. The van der Waals surface area contributed by atoms with Crippen LogP contribution >= 0.6 is 15.9 Å². The molecule has 0 heterocycles. The van der Waals surface area contributed by atoms with E-state index < -0.39 is 11.6 Å². The van der Waals surface area contributed by atoms with Gasteiger partial charge in [-0.05, 0) is 34.1 Å². The van der Waals surface area contributed by atoms with Gasteiger partial charge in [0.2, 0.25) is 0 Å². The van der Waals surface area contributed by atoms with Gasteiger partial charge in [0.1, 0.15) is 17.4 Å². The van der Waals surface area contributed by atoms with Crippen molar-refractivity contribution in [2.75, 3.05) is 0 Å². The molecule has 0 fully saturated rings. The summed E-state index contributed by atoms with van der Waals surface area (Å²) in [7, 11) is 0. The minimum absolute atomic E-state index is 0.0620. The first-order valence-electron chi connectivity index (χ1n) is 4.52. The van der Waals surface area contributed by atoms with Gasteiger partial charge in [-0.25, -0.2) is 8.78 Å². The molecule has 0 saturated carbocycles. The number of rotatable bonds is 1. The largest absolute Gasteiger partial charge is 0.506 e. The van der Waals surface area contributed by atoms with Crippen LogP contribution in [0.5, 0.6) is 5.75 Å². The third kappa shape index (κ3) is 1.93. The van der Waals surface area contributed by atoms with Gasteiger partial charge in [-0.1, -0.05) is 12.1 Å². The zero-order chi connectivity index (χ0) is 11.7. The Kier molecular flexibility index (Phi) is 2.92. The molecule has 0 radical (unpaired) electrons. The lowest BCUT2D eigenvalue weighted by atomic mass is 10.0. The van der Waals surface area contributed by atoms with Crippen molar-refractivity contribution in [2.24, 2.45) is 0 Å². The smallest absolute Gasteiger partial charge is 0.137 e. The quantitative estimate of drug-likeness (QED) is 0.836. The molecular weight excluding hydrogens is 278 g/mol. The highest BCUT2D eigenvalue weighted by Gasteiger charge is 2.11. The fourth-order valence-corrected chi connectivity index (χ4v) is 1.81. The summed E-state index contributed by atoms with van der Waals surface area (Å²) < 4.78 is 26.7. The molecule has 82 valence electrons. The first kappa shape index (κ1) is 11.1. The van der Waals surface area contributed by atoms with Crippen molar-refractivity contribution in [1.29, 1.82) is 0 Å². The summed E-state index contributed by atoms with van der Waals surface area (Å²) in [4.78, 5) is 0. The van der Waals surface area contributed by atoms with Gasteiger partial charge >= 0.3 is 0 Å². The first-order valence-corrected chi connectivity index (χ1v) is 5.32. The van der Waals surface area contributed by atoms with E-state index in [-0.39, 0.29) is 11.3 Å². The van der Waals surface area contributed by atoms with Crippen LogP contribution in [0.25, 0.3) is 11.1 Å². The van der Waals surface area contributed by atoms with E-state index >= 15 is 0 Å². The van der Waals surface area contributed by atoms with E-state index in [4.69, 9.17) is 0 Å². The van der Waals surface area contributed by atoms with E-state index in [0.717, 1.165) is 12.1 Å². The summed E-state index contributed by atoms with van der Waals surface area (Å²) in [5, 5.41) is 9.74. The lowest BCUT2D eigenvalue weighted by molar-refractivity contribution is 0.473. The number of benzene rings is 2. The number of para-hydroxylation sites is 1. The number of phenolic OH excluding ortho intramolecular Hbond substituents is 1. The lowest BCUT2D eigenvalue weighted by Crippen LogP contribution is -1.87. The van der Waals surface area contributed by atoms with Gasteiger partial charge in [-0.15, -0.1) is 0 Å². The highest BCUT2D eigenvalue weighted by Crippen LogP contribution is 2.36. The van der Waals surface area contributed by atoms with Crippen molar-refractivity contribution in [3.05, 3.63) is 52.5 Å². The van der Waals surface area contributed by atoms with Gasteiger partial charge in [0.25, 0.3) is 0 Å². The van der Waals surface area contributed by atoms with Gasteiger partial charge in [0.15, 0.2) is 0 Å². The normalized spacial score (nSPS) is 10.4. The van der Waals surface area contributed by atoms with Crippen molar-refractivity contribution >= 4 is 15.9 Å². The molecule has 0 aliphatic heterocycles. The third-order valence-electron chi connectivity index (χ3n) is 2.21. The van der Waals surface area contributed by atoms with Gasteiger partial charge in [-0.3, -0.25) is 0 Å². The van der Waals surface area contributed by atoms with Gasteiger partial charge < -0.3 is 5.11 Å². The highest BCUT2D eigenvalue weighted by atomic mass is 79.9. The van der Waals surface area contributed by atoms with Gasteiger partial charge in [0.05, 0.1) is 4.47 Å². The van der Waals surface area contributed by atoms with Crippen LogP contribution in [0.1, 0.15) is 0 Å². The fraction of sp³-hybridized carbons (Fsp3) is 0. The Morgan fingerprint density at radius 2 is 1.75 bits per heavy atom. The molecule has 0 aliphatic rings. The highest BCUT2D eigenvalue weighted by molar-refractivity contribution is 9.10. The maximum Gasteiger partial charge on any atom is 0.137 e. The predicted molar refractivity (Wildman–Crippen MR) is 61.2 cm³/mol. The molecule has 0 atom stereocenters. The number of aromatic hydroxyl groups is 1. The maximum atomic E-state index is 13.5. The number of hydrogen-bond acceptors (Lipinski definition) is 1. The Hall–Kier alpha value is -1.42. The Morgan fingerprint density at radius 3 is 2.44 bits per heavy atom. The van der Waals surface area contributed by atoms with Crippen LogP contribution in [0.3, 0.4) is 0 Å². The summed E-state index contributed by atoms with van der Waals surface area (Å²) >= 11 is 3.14. The second kappa shape index (κ2) is 4.22. The van der Waals surface area contributed by atoms with E-state index in [1.165, 1.54) is 6.07 Å². The summed E-state index contributed by atoms with van der Waals surface area (Å²) in [6, 6.07) is 8.11. The molecule has 0 bridgehead atoms. The molecule has 0 amide bonds. The van der Waals surface area contributed by atoms with Crippen molar-refractivity contribution in [3.63, 3.8) is 0 Å². The molecule has 4 heteroatoms. The molecule has 2 rings (SSSR count). The van der Waals surface area contributed by atoms with Gasteiger partial charge in [-0.2, -0.15) is 0 Å². The molecule has 2 aromatic carbocycles. The molecule has 0 aromatic heterocycles. The Balaban J connectivity index is 2.63. The summed E-state index contributed by atoms with van der Waals surface area (Å²) in [6.07, 6.45) is 0. The zero-order valence-corrected chi connectivity index (χ0v) is 9.63. The average Bonchev–Trinajstić information content (AvgIpc) is 2.23. The van der Waals surface area contributed by atoms with Crippen LogP contribution in [0.15, 0.2) is 40.9 Å². The zero-order valence-electron chi connectivity index (χ0n) is 8.05. The van der Waals surface area contributed by atoms with E-state index in [1.54, 1.807) is 18.2 Å². The molecule has 0 spiro atoms. The van der Waals surface area contributed by atoms with Crippen LogP contribution < -0.4 is 0 Å². The monoisotopic (exact) mass is 284 g/mol. The molecule has 2 aromatic rings. The first-order chi connectivity index (χ1) is 7.59. The van der Waals surface area contributed by atoms with E-state index in [9.17, 15) is 13.9 Å². The SMILES string of the molecule is Oc1c(Br)cccc1-c1ccc(F)cc1F. The number of hydrogen-bond donors (Lipinski definition) is 1. The fourth-order valence-electron chi connectivity index (χ4n) is 1.44. The number of halogens is 3. The van der Waals surface area contributed by atoms with Gasteiger partial charge in [0, 0.05) is 17.2 Å². The maximum absolute atomic E-state index is 13.5.